The van der Waals surface area contributed by atoms with Gasteiger partial charge in [-0.1, -0.05) is 6.92 Å². The molecule has 29 heavy (non-hydrogen) atoms. The molecule has 2 fully saturated rings. The number of piperidine rings is 1. The van der Waals surface area contributed by atoms with Crippen LogP contribution in [0.15, 0.2) is 24.3 Å². The molecule has 2 aliphatic rings. The van der Waals surface area contributed by atoms with Crippen LogP contribution in [0.2, 0.25) is 0 Å². The predicted molar refractivity (Wildman–Crippen MR) is 119 cm³/mol. The number of rotatable bonds is 7. The molecule has 2 saturated heterocycles. The van der Waals surface area contributed by atoms with Gasteiger partial charge in [-0.15, -0.1) is 11.3 Å². The predicted octanol–water partition coefficient (Wildman–Crippen LogP) is 4.06. The summed E-state index contributed by atoms with van der Waals surface area (Å²) in [6.45, 7) is 13.3. The third-order valence-electron chi connectivity index (χ3n) is 5.98. The van der Waals surface area contributed by atoms with Crippen molar-refractivity contribution < 1.29 is 9.47 Å². The minimum Gasteiger partial charge on any atom is -0.492 e. The Labute approximate surface area is 178 Å². The second kappa shape index (κ2) is 10.0. The second-order valence-corrected chi connectivity index (χ2v) is 9.59. The van der Waals surface area contributed by atoms with E-state index in [-0.39, 0.29) is 0 Å². The Bertz CT molecular complexity index is 763. The highest BCUT2D eigenvalue weighted by molar-refractivity contribution is 7.12. The quantitative estimate of drug-likeness (QED) is 0.682. The molecular weight excluding hydrogens is 382 g/mol. The van der Waals surface area contributed by atoms with Gasteiger partial charge in [-0.3, -0.25) is 9.80 Å². The lowest BCUT2D eigenvalue weighted by Gasteiger charge is -2.29. The van der Waals surface area contributed by atoms with Crippen molar-refractivity contribution in [1.82, 2.24) is 14.8 Å². The van der Waals surface area contributed by atoms with Crippen LogP contribution in [0.3, 0.4) is 0 Å². The molecular formula is C23H33N3O2S. The monoisotopic (exact) mass is 415 g/mol. The Morgan fingerprint density at radius 1 is 1.07 bits per heavy atom. The van der Waals surface area contributed by atoms with Crippen LogP contribution < -0.4 is 4.74 Å². The summed E-state index contributed by atoms with van der Waals surface area (Å²) in [6.07, 6.45) is 2.62. The summed E-state index contributed by atoms with van der Waals surface area (Å²) in [6, 6.07) is 8.41. The fourth-order valence-corrected chi connectivity index (χ4v) is 5.02. The van der Waals surface area contributed by atoms with E-state index in [0.29, 0.717) is 6.61 Å². The van der Waals surface area contributed by atoms with Gasteiger partial charge in [0, 0.05) is 30.1 Å². The summed E-state index contributed by atoms with van der Waals surface area (Å²) in [5.41, 5.74) is 2.30. The maximum Gasteiger partial charge on any atom is 0.119 e. The normalized spacial score (nSPS) is 19.5. The van der Waals surface area contributed by atoms with Crippen LogP contribution in [-0.2, 0) is 11.3 Å². The van der Waals surface area contributed by atoms with E-state index in [1.54, 1.807) is 0 Å². The van der Waals surface area contributed by atoms with Gasteiger partial charge in [0.25, 0.3) is 0 Å². The maximum absolute atomic E-state index is 5.94. The van der Waals surface area contributed by atoms with Crippen molar-refractivity contribution >= 4 is 11.3 Å². The molecule has 0 amide bonds. The van der Waals surface area contributed by atoms with E-state index in [0.717, 1.165) is 56.8 Å². The van der Waals surface area contributed by atoms with Crippen LogP contribution in [0, 0.1) is 12.8 Å². The molecule has 0 unspecified atom stereocenters. The van der Waals surface area contributed by atoms with Crippen molar-refractivity contribution in [3.8, 4) is 17.0 Å². The molecule has 0 bridgehead atoms. The SMILES string of the molecule is Cc1sc(CN2CCC(C)CC2)nc1-c1ccc(OCCN2CCOCC2)cc1. The Morgan fingerprint density at radius 3 is 2.52 bits per heavy atom. The van der Waals surface area contributed by atoms with E-state index in [9.17, 15) is 0 Å². The first-order chi connectivity index (χ1) is 14.2. The number of morpholine rings is 1. The highest BCUT2D eigenvalue weighted by Gasteiger charge is 2.18. The number of ether oxygens (including phenoxy) is 2. The summed E-state index contributed by atoms with van der Waals surface area (Å²) in [4.78, 5) is 11.2. The number of hydrogen-bond acceptors (Lipinski definition) is 6. The minimum absolute atomic E-state index is 0.716. The van der Waals surface area contributed by atoms with Gasteiger partial charge in [-0.2, -0.15) is 0 Å². The molecule has 1 aromatic carbocycles. The first kappa shape index (κ1) is 20.8. The van der Waals surface area contributed by atoms with Crippen molar-refractivity contribution in [2.45, 2.75) is 33.2 Å². The zero-order chi connectivity index (χ0) is 20.1. The molecule has 2 aromatic rings. The minimum atomic E-state index is 0.716. The van der Waals surface area contributed by atoms with Gasteiger partial charge in [0.05, 0.1) is 25.5 Å². The topological polar surface area (TPSA) is 37.8 Å². The Hall–Kier alpha value is -1.47. The number of aryl methyl sites for hydroxylation is 1. The van der Waals surface area contributed by atoms with Crippen molar-refractivity contribution in [3.63, 3.8) is 0 Å². The highest BCUT2D eigenvalue weighted by Crippen LogP contribution is 2.30. The second-order valence-electron chi connectivity index (χ2n) is 8.30. The van der Waals surface area contributed by atoms with Gasteiger partial charge in [0.15, 0.2) is 0 Å². The lowest BCUT2D eigenvalue weighted by molar-refractivity contribution is 0.0322. The lowest BCUT2D eigenvalue weighted by atomic mass is 9.99. The number of benzene rings is 1. The van der Waals surface area contributed by atoms with Crippen LogP contribution in [0.5, 0.6) is 5.75 Å². The van der Waals surface area contributed by atoms with E-state index in [1.807, 2.05) is 11.3 Å². The van der Waals surface area contributed by atoms with Crippen LogP contribution >= 0.6 is 11.3 Å². The van der Waals surface area contributed by atoms with E-state index in [1.165, 1.54) is 41.4 Å². The van der Waals surface area contributed by atoms with E-state index < -0.39 is 0 Å². The van der Waals surface area contributed by atoms with Gasteiger partial charge in [-0.25, -0.2) is 4.98 Å². The van der Waals surface area contributed by atoms with Crippen molar-refractivity contribution in [2.75, 3.05) is 52.5 Å². The van der Waals surface area contributed by atoms with Gasteiger partial charge in [0.2, 0.25) is 0 Å². The lowest BCUT2D eigenvalue weighted by Crippen LogP contribution is -2.38. The summed E-state index contributed by atoms with van der Waals surface area (Å²) in [5, 5.41) is 1.23. The standard InChI is InChI=1S/C23H33N3O2S/c1-18-7-9-26(10-8-18)17-22-24-23(19(2)29-22)20-3-5-21(6-4-20)28-16-13-25-11-14-27-15-12-25/h3-6,18H,7-17H2,1-2H3. The fourth-order valence-electron chi connectivity index (χ4n) is 4.02. The van der Waals surface area contributed by atoms with E-state index in [4.69, 9.17) is 14.5 Å². The Kier molecular flexibility index (Phi) is 7.19. The van der Waals surface area contributed by atoms with Gasteiger partial charge >= 0.3 is 0 Å². The van der Waals surface area contributed by atoms with Crippen LogP contribution in [0.1, 0.15) is 29.7 Å². The molecule has 0 spiro atoms. The van der Waals surface area contributed by atoms with Crippen LogP contribution in [0.25, 0.3) is 11.3 Å². The molecule has 4 rings (SSSR count). The zero-order valence-corrected chi connectivity index (χ0v) is 18.5. The van der Waals surface area contributed by atoms with Crippen molar-refractivity contribution in [1.29, 1.82) is 0 Å². The smallest absolute Gasteiger partial charge is 0.119 e. The van der Waals surface area contributed by atoms with Gasteiger partial charge in [-0.05, 0) is 63.0 Å². The Morgan fingerprint density at radius 2 is 1.79 bits per heavy atom. The third-order valence-corrected chi connectivity index (χ3v) is 6.94. The average molecular weight is 416 g/mol. The molecule has 5 nitrogen and oxygen atoms in total. The largest absolute Gasteiger partial charge is 0.492 e. The van der Waals surface area contributed by atoms with Gasteiger partial charge < -0.3 is 9.47 Å². The number of nitrogens with zero attached hydrogens (tertiary/aromatic N) is 3. The third kappa shape index (κ3) is 5.79. The molecule has 0 radical (unpaired) electrons. The first-order valence-electron chi connectivity index (χ1n) is 10.9. The summed E-state index contributed by atoms with van der Waals surface area (Å²) < 4.78 is 11.3. The molecule has 0 saturated carbocycles. The fraction of sp³-hybridized carbons (Fsp3) is 0.609. The average Bonchev–Trinajstić information content (AvgIpc) is 3.11. The van der Waals surface area contributed by atoms with Crippen LogP contribution in [-0.4, -0.2) is 67.3 Å². The number of likely N-dealkylation sites (tertiary alicyclic amines) is 1. The van der Waals surface area contributed by atoms with Gasteiger partial charge in [0.1, 0.15) is 17.4 Å². The molecule has 3 heterocycles. The number of aromatic nitrogens is 1. The highest BCUT2D eigenvalue weighted by atomic mass is 32.1. The number of thiazole rings is 1. The maximum atomic E-state index is 5.94. The summed E-state index contributed by atoms with van der Waals surface area (Å²) in [5.74, 6) is 1.80. The molecule has 0 N–H and O–H groups in total. The molecule has 158 valence electrons. The molecule has 0 atom stereocenters. The molecule has 1 aromatic heterocycles. The van der Waals surface area contributed by atoms with E-state index >= 15 is 0 Å². The van der Waals surface area contributed by atoms with Crippen molar-refractivity contribution in [3.05, 3.63) is 34.2 Å². The molecule has 0 aliphatic carbocycles. The first-order valence-corrected chi connectivity index (χ1v) is 11.7. The summed E-state index contributed by atoms with van der Waals surface area (Å²) in [7, 11) is 0. The molecule has 6 heteroatoms. The Balaban J connectivity index is 1.30. The molecule has 2 aliphatic heterocycles. The van der Waals surface area contributed by atoms with Crippen molar-refractivity contribution in [2.24, 2.45) is 5.92 Å². The van der Waals surface area contributed by atoms with E-state index in [2.05, 4.69) is 47.9 Å². The zero-order valence-electron chi connectivity index (χ0n) is 17.7. The number of hydrogen-bond donors (Lipinski definition) is 0. The summed E-state index contributed by atoms with van der Waals surface area (Å²) >= 11 is 1.84. The van der Waals surface area contributed by atoms with Crippen LogP contribution in [0.4, 0.5) is 0 Å².